The summed E-state index contributed by atoms with van der Waals surface area (Å²) >= 11 is 0. The second kappa shape index (κ2) is 4.13. The third-order valence-corrected chi connectivity index (χ3v) is 3.23. The van der Waals surface area contributed by atoms with E-state index in [1.54, 1.807) is 0 Å². The normalized spacial score (nSPS) is 35.3. The molecule has 0 heterocycles. The molecule has 0 aromatic carbocycles. The molecule has 1 rings (SSSR count). The highest BCUT2D eigenvalue weighted by molar-refractivity contribution is 5.85. The molecule has 1 aliphatic carbocycles. The standard InChI is InChI=1S/C9H17NO.ClH/c1-7-5-3-4-6-9(7,2)8(10)11;/h7H,3-6H2,1-2H3,(H2,10,11);1H. The van der Waals surface area contributed by atoms with Crippen molar-refractivity contribution in [3.05, 3.63) is 0 Å². The molecule has 0 aromatic heterocycles. The van der Waals surface area contributed by atoms with Gasteiger partial charge in [-0.3, -0.25) is 4.79 Å². The van der Waals surface area contributed by atoms with E-state index >= 15 is 0 Å². The van der Waals surface area contributed by atoms with Gasteiger partial charge in [-0.2, -0.15) is 0 Å². The summed E-state index contributed by atoms with van der Waals surface area (Å²) in [7, 11) is 0. The van der Waals surface area contributed by atoms with Crippen LogP contribution in [0.15, 0.2) is 0 Å². The average Bonchev–Trinajstić information content (AvgIpc) is 1.95. The summed E-state index contributed by atoms with van der Waals surface area (Å²) in [4.78, 5) is 11.1. The number of hydrogen-bond acceptors (Lipinski definition) is 1. The zero-order valence-corrected chi connectivity index (χ0v) is 8.62. The van der Waals surface area contributed by atoms with Crippen molar-refractivity contribution < 1.29 is 4.79 Å². The highest BCUT2D eigenvalue weighted by atomic mass is 35.5. The summed E-state index contributed by atoms with van der Waals surface area (Å²) in [6.45, 7) is 4.13. The molecule has 0 bridgehead atoms. The number of rotatable bonds is 1. The van der Waals surface area contributed by atoms with Crippen LogP contribution in [0.5, 0.6) is 0 Å². The van der Waals surface area contributed by atoms with Crippen LogP contribution in [0.3, 0.4) is 0 Å². The molecule has 2 unspecified atom stereocenters. The van der Waals surface area contributed by atoms with E-state index in [-0.39, 0.29) is 23.7 Å². The van der Waals surface area contributed by atoms with Crippen LogP contribution in [0.25, 0.3) is 0 Å². The molecule has 2 atom stereocenters. The molecule has 2 N–H and O–H groups in total. The van der Waals surface area contributed by atoms with Crippen molar-refractivity contribution in [3.63, 3.8) is 0 Å². The minimum atomic E-state index is -0.224. The monoisotopic (exact) mass is 191 g/mol. The summed E-state index contributed by atoms with van der Waals surface area (Å²) in [5.74, 6) is 0.346. The van der Waals surface area contributed by atoms with Crippen LogP contribution >= 0.6 is 12.4 Å². The molecule has 0 aromatic rings. The van der Waals surface area contributed by atoms with Crippen LogP contribution in [0.1, 0.15) is 39.5 Å². The fourth-order valence-corrected chi connectivity index (χ4v) is 1.87. The van der Waals surface area contributed by atoms with Gasteiger partial charge in [0.2, 0.25) is 5.91 Å². The Balaban J connectivity index is 0.00000121. The van der Waals surface area contributed by atoms with Crippen molar-refractivity contribution >= 4 is 18.3 Å². The number of carbonyl (C=O) groups is 1. The largest absolute Gasteiger partial charge is 0.369 e. The molecule has 2 nitrogen and oxygen atoms in total. The lowest BCUT2D eigenvalue weighted by Gasteiger charge is -2.36. The quantitative estimate of drug-likeness (QED) is 0.678. The Morgan fingerprint density at radius 2 is 2.08 bits per heavy atom. The van der Waals surface area contributed by atoms with Gasteiger partial charge in [-0.15, -0.1) is 12.4 Å². The first-order chi connectivity index (χ1) is 5.07. The fourth-order valence-electron chi connectivity index (χ4n) is 1.87. The number of carbonyl (C=O) groups excluding carboxylic acids is 1. The van der Waals surface area contributed by atoms with Crippen LogP contribution in [0, 0.1) is 11.3 Å². The highest BCUT2D eigenvalue weighted by Crippen LogP contribution is 2.40. The van der Waals surface area contributed by atoms with Crippen LogP contribution in [0.2, 0.25) is 0 Å². The summed E-state index contributed by atoms with van der Waals surface area (Å²) in [5.41, 5.74) is 5.13. The predicted molar refractivity (Wildman–Crippen MR) is 52.2 cm³/mol. The van der Waals surface area contributed by atoms with Gasteiger partial charge in [-0.25, -0.2) is 0 Å². The maximum atomic E-state index is 11.1. The molecule has 1 fully saturated rings. The molecule has 1 aliphatic rings. The molecule has 3 heteroatoms. The lowest BCUT2D eigenvalue weighted by atomic mass is 9.68. The predicted octanol–water partition coefficient (Wildman–Crippen LogP) is 2.11. The lowest BCUT2D eigenvalue weighted by molar-refractivity contribution is -0.131. The minimum Gasteiger partial charge on any atom is -0.369 e. The molecule has 0 radical (unpaired) electrons. The van der Waals surface area contributed by atoms with Gasteiger partial charge in [0.25, 0.3) is 0 Å². The Hall–Kier alpha value is -0.240. The topological polar surface area (TPSA) is 43.1 Å². The van der Waals surface area contributed by atoms with Crippen molar-refractivity contribution in [2.24, 2.45) is 17.1 Å². The number of nitrogens with two attached hydrogens (primary N) is 1. The number of hydrogen-bond donors (Lipinski definition) is 1. The molecule has 0 saturated heterocycles. The third kappa shape index (κ3) is 1.92. The second-order valence-corrected chi connectivity index (χ2v) is 3.93. The Labute approximate surface area is 80.3 Å². The highest BCUT2D eigenvalue weighted by Gasteiger charge is 2.38. The Morgan fingerprint density at radius 1 is 1.50 bits per heavy atom. The first-order valence-corrected chi connectivity index (χ1v) is 4.37. The second-order valence-electron chi connectivity index (χ2n) is 3.93. The van der Waals surface area contributed by atoms with Gasteiger partial charge in [0, 0.05) is 5.41 Å². The smallest absolute Gasteiger partial charge is 0.223 e. The van der Waals surface area contributed by atoms with Gasteiger partial charge >= 0.3 is 0 Å². The van der Waals surface area contributed by atoms with E-state index in [1.165, 1.54) is 6.42 Å². The fraction of sp³-hybridized carbons (Fsp3) is 0.889. The number of halogens is 1. The summed E-state index contributed by atoms with van der Waals surface area (Å²) < 4.78 is 0. The number of amides is 1. The minimum absolute atomic E-state index is 0. The zero-order chi connectivity index (χ0) is 8.48. The average molecular weight is 192 g/mol. The number of primary amides is 1. The van der Waals surface area contributed by atoms with E-state index in [4.69, 9.17) is 5.73 Å². The van der Waals surface area contributed by atoms with E-state index < -0.39 is 0 Å². The van der Waals surface area contributed by atoms with Crippen LogP contribution in [-0.2, 0) is 4.79 Å². The van der Waals surface area contributed by atoms with Gasteiger partial charge in [0.1, 0.15) is 0 Å². The van der Waals surface area contributed by atoms with E-state index in [9.17, 15) is 4.79 Å². The summed E-state index contributed by atoms with van der Waals surface area (Å²) in [6.07, 6.45) is 4.54. The van der Waals surface area contributed by atoms with Gasteiger partial charge < -0.3 is 5.73 Å². The molecule has 0 spiro atoms. The van der Waals surface area contributed by atoms with E-state index in [2.05, 4.69) is 6.92 Å². The molecular weight excluding hydrogens is 174 g/mol. The van der Waals surface area contributed by atoms with Crippen LogP contribution < -0.4 is 5.73 Å². The Bertz CT molecular complexity index is 172. The van der Waals surface area contributed by atoms with Crippen molar-refractivity contribution in [2.45, 2.75) is 39.5 Å². The summed E-state index contributed by atoms with van der Waals surface area (Å²) in [6, 6.07) is 0. The maximum absolute atomic E-state index is 11.1. The maximum Gasteiger partial charge on any atom is 0.223 e. The molecule has 0 aliphatic heterocycles. The molecule has 1 amide bonds. The first-order valence-electron chi connectivity index (χ1n) is 4.37. The van der Waals surface area contributed by atoms with Gasteiger partial charge in [-0.05, 0) is 18.8 Å². The van der Waals surface area contributed by atoms with Crippen LogP contribution in [0.4, 0.5) is 0 Å². The SMILES string of the molecule is CC1CCCCC1(C)C(N)=O.Cl. The van der Waals surface area contributed by atoms with Gasteiger partial charge in [-0.1, -0.05) is 26.7 Å². The first kappa shape index (κ1) is 11.8. The van der Waals surface area contributed by atoms with Crippen molar-refractivity contribution in [1.29, 1.82) is 0 Å². The lowest BCUT2D eigenvalue weighted by Crippen LogP contribution is -2.41. The zero-order valence-electron chi connectivity index (χ0n) is 7.80. The van der Waals surface area contributed by atoms with E-state index in [0.29, 0.717) is 5.92 Å². The third-order valence-electron chi connectivity index (χ3n) is 3.23. The molecule has 1 saturated carbocycles. The molecular formula is C9H18ClNO. The molecule has 12 heavy (non-hydrogen) atoms. The molecule has 72 valence electrons. The van der Waals surface area contributed by atoms with Crippen LogP contribution in [-0.4, -0.2) is 5.91 Å². The van der Waals surface area contributed by atoms with E-state index in [1.807, 2.05) is 6.92 Å². The van der Waals surface area contributed by atoms with E-state index in [0.717, 1.165) is 19.3 Å². The van der Waals surface area contributed by atoms with Gasteiger partial charge in [0.15, 0.2) is 0 Å². The van der Waals surface area contributed by atoms with Crippen molar-refractivity contribution in [2.75, 3.05) is 0 Å². The Kier molecular flexibility index (Phi) is 4.04. The van der Waals surface area contributed by atoms with Crippen molar-refractivity contribution in [1.82, 2.24) is 0 Å². The summed E-state index contributed by atoms with van der Waals surface area (Å²) in [5, 5.41) is 0. The Morgan fingerprint density at radius 3 is 2.42 bits per heavy atom. The van der Waals surface area contributed by atoms with Crippen molar-refractivity contribution in [3.8, 4) is 0 Å². The van der Waals surface area contributed by atoms with Gasteiger partial charge in [0.05, 0.1) is 0 Å².